The number of nitrogens with one attached hydrogen (secondary N) is 1. The molecule has 74 valence electrons. The summed E-state index contributed by atoms with van der Waals surface area (Å²) in [6.45, 7) is 6.07. The lowest BCUT2D eigenvalue weighted by Crippen LogP contribution is -2.48. The van der Waals surface area contributed by atoms with Crippen LogP contribution in [0.15, 0.2) is 12.2 Å². The molecule has 0 bridgehead atoms. The first-order valence-electron chi connectivity index (χ1n) is 3.69. The van der Waals surface area contributed by atoms with Crippen LogP contribution in [0.2, 0.25) is 0 Å². The van der Waals surface area contributed by atoms with E-state index in [2.05, 4.69) is 11.9 Å². The quantitative estimate of drug-likeness (QED) is 0.518. The molecular formula is C8H13NO4. The molecule has 0 aliphatic heterocycles. The van der Waals surface area contributed by atoms with Gasteiger partial charge in [0.05, 0.1) is 0 Å². The summed E-state index contributed by atoms with van der Waals surface area (Å²) < 4.78 is 0. The molecule has 2 atom stereocenters. The molecule has 0 aromatic carbocycles. The Balaban J connectivity index is 4.51. The minimum Gasteiger partial charge on any atom is -0.480 e. The molecule has 0 heterocycles. The lowest BCUT2D eigenvalue weighted by molar-refractivity contribution is -0.144. The van der Waals surface area contributed by atoms with Crippen molar-refractivity contribution in [3.8, 4) is 0 Å². The van der Waals surface area contributed by atoms with Crippen molar-refractivity contribution in [2.45, 2.75) is 26.0 Å². The molecular weight excluding hydrogens is 174 g/mol. The van der Waals surface area contributed by atoms with E-state index < -0.39 is 24.0 Å². The SMILES string of the molecule is C=C(C)C(O)C(NC(C)=O)C(=O)O. The Kier molecular flexibility index (Phi) is 4.13. The summed E-state index contributed by atoms with van der Waals surface area (Å²) in [5, 5.41) is 20.0. The standard InChI is InChI=1S/C8H13NO4/c1-4(2)7(11)6(8(12)13)9-5(3)10/h6-7,11H,1H2,2-3H3,(H,9,10)(H,12,13). The number of carbonyl (C=O) groups is 2. The number of carboxylic acid groups (broad SMARTS) is 1. The molecule has 0 aromatic rings. The third kappa shape index (κ3) is 3.71. The predicted molar refractivity (Wildman–Crippen MR) is 46.1 cm³/mol. The predicted octanol–water partition coefficient (Wildman–Crippen LogP) is -0.487. The minimum atomic E-state index is -1.32. The van der Waals surface area contributed by atoms with Crippen molar-refractivity contribution in [3.63, 3.8) is 0 Å². The van der Waals surface area contributed by atoms with Crippen LogP contribution in [0.25, 0.3) is 0 Å². The molecule has 5 heteroatoms. The Hall–Kier alpha value is -1.36. The molecule has 0 saturated heterocycles. The van der Waals surface area contributed by atoms with Gasteiger partial charge in [-0.05, 0) is 12.5 Å². The van der Waals surface area contributed by atoms with Gasteiger partial charge < -0.3 is 15.5 Å². The first kappa shape index (κ1) is 11.6. The van der Waals surface area contributed by atoms with Crippen molar-refractivity contribution in [3.05, 3.63) is 12.2 Å². The van der Waals surface area contributed by atoms with Crippen LogP contribution in [-0.4, -0.2) is 34.2 Å². The van der Waals surface area contributed by atoms with Crippen LogP contribution in [0.4, 0.5) is 0 Å². The topological polar surface area (TPSA) is 86.6 Å². The fourth-order valence-corrected chi connectivity index (χ4v) is 0.779. The number of carboxylic acids is 1. The molecule has 0 radical (unpaired) electrons. The van der Waals surface area contributed by atoms with E-state index in [0.717, 1.165) is 0 Å². The normalized spacial score (nSPS) is 14.4. The number of rotatable bonds is 4. The largest absolute Gasteiger partial charge is 0.480 e. The lowest BCUT2D eigenvalue weighted by Gasteiger charge is -2.19. The van der Waals surface area contributed by atoms with E-state index >= 15 is 0 Å². The first-order valence-corrected chi connectivity index (χ1v) is 3.69. The molecule has 0 aromatic heterocycles. The summed E-state index contributed by atoms with van der Waals surface area (Å²) in [6.07, 6.45) is -1.26. The molecule has 5 nitrogen and oxygen atoms in total. The van der Waals surface area contributed by atoms with Crippen LogP contribution in [0, 0.1) is 0 Å². The fraction of sp³-hybridized carbons (Fsp3) is 0.500. The van der Waals surface area contributed by atoms with E-state index in [1.54, 1.807) is 0 Å². The smallest absolute Gasteiger partial charge is 0.329 e. The van der Waals surface area contributed by atoms with E-state index in [1.165, 1.54) is 13.8 Å². The second kappa shape index (κ2) is 4.61. The van der Waals surface area contributed by atoms with Crippen LogP contribution >= 0.6 is 0 Å². The maximum atomic E-state index is 10.6. The molecule has 1 amide bonds. The maximum Gasteiger partial charge on any atom is 0.329 e. The highest BCUT2D eigenvalue weighted by atomic mass is 16.4. The Morgan fingerprint density at radius 3 is 2.08 bits per heavy atom. The molecule has 3 N–H and O–H groups in total. The van der Waals surface area contributed by atoms with Gasteiger partial charge in [0.15, 0.2) is 6.04 Å². The maximum absolute atomic E-state index is 10.6. The average Bonchev–Trinajstić information content (AvgIpc) is 1.97. The summed E-state index contributed by atoms with van der Waals surface area (Å²) in [5.74, 6) is -1.79. The average molecular weight is 187 g/mol. The number of hydrogen-bond donors (Lipinski definition) is 3. The van der Waals surface area contributed by atoms with Crippen molar-refractivity contribution in [2.75, 3.05) is 0 Å². The number of amides is 1. The summed E-state index contributed by atoms with van der Waals surface area (Å²) in [7, 11) is 0. The number of hydrogen-bond acceptors (Lipinski definition) is 3. The van der Waals surface area contributed by atoms with Crippen molar-refractivity contribution < 1.29 is 19.8 Å². The highest BCUT2D eigenvalue weighted by molar-refractivity contribution is 5.82. The summed E-state index contributed by atoms with van der Waals surface area (Å²) in [5.41, 5.74) is 0.293. The van der Waals surface area contributed by atoms with Crippen LogP contribution in [0.1, 0.15) is 13.8 Å². The first-order chi connectivity index (χ1) is 5.86. The van der Waals surface area contributed by atoms with Gasteiger partial charge in [-0.15, -0.1) is 0 Å². The second-order valence-corrected chi connectivity index (χ2v) is 2.81. The van der Waals surface area contributed by atoms with Gasteiger partial charge in [0.2, 0.25) is 5.91 Å². The van der Waals surface area contributed by atoms with Crippen molar-refractivity contribution in [1.29, 1.82) is 0 Å². The monoisotopic (exact) mass is 187 g/mol. The molecule has 0 saturated carbocycles. The Morgan fingerprint density at radius 1 is 1.38 bits per heavy atom. The minimum absolute atomic E-state index is 0.293. The molecule has 0 fully saturated rings. The Bertz CT molecular complexity index is 236. The Morgan fingerprint density at radius 2 is 1.85 bits per heavy atom. The Labute approximate surface area is 76.1 Å². The van der Waals surface area contributed by atoms with Crippen LogP contribution in [-0.2, 0) is 9.59 Å². The van der Waals surface area contributed by atoms with Gasteiger partial charge in [-0.2, -0.15) is 0 Å². The molecule has 0 aliphatic rings. The summed E-state index contributed by atoms with van der Waals surface area (Å²) in [4.78, 5) is 21.1. The molecule has 2 unspecified atom stereocenters. The van der Waals surface area contributed by atoms with Gasteiger partial charge in [-0.25, -0.2) is 4.79 Å². The van der Waals surface area contributed by atoms with Crippen LogP contribution in [0.5, 0.6) is 0 Å². The fourth-order valence-electron chi connectivity index (χ4n) is 0.779. The van der Waals surface area contributed by atoms with E-state index in [4.69, 9.17) is 5.11 Å². The van der Waals surface area contributed by atoms with Gasteiger partial charge >= 0.3 is 5.97 Å². The van der Waals surface area contributed by atoms with E-state index in [9.17, 15) is 14.7 Å². The molecule has 0 rings (SSSR count). The van der Waals surface area contributed by atoms with Crippen LogP contribution < -0.4 is 5.32 Å². The zero-order valence-corrected chi connectivity index (χ0v) is 7.57. The van der Waals surface area contributed by atoms with E-state index in [1.807, 2.05) is 0 Å². The zero-order chi connectivity index (χ0) is 10.6. The molecule has 0 aliphatic carbocycles. The zero-order valence-electron chi connectivity index (χ0n) is 7.57. The lowest BCUT2D eigenvalue weighted by atomic mass is 10.1. The second-order valence-electron chi connectivity index (χ2n) is 2.81. The number of aliphatic carboxylic acids is 1. The summed E-state index contributed by atoms with van der Waals surface area (Å²) in [6, 6.07) is -1.32. The highest BCUT2D eigenvalue weighted by Crippen LogP contribution is 2.03. The van der Waals surface area contributed by atoms with Gasteiger partial charge in [-0.1, -0.05) is 6.58 Å². The van der Waals surface area contributed by atoms with Gasteiger partial charge in [0.25, 0.3) is 0 Å². The van der Waals surface area contributed by atoms with E-state index in [-0.39, 0.29) is 0 Å². The van der Waals surface area contributed by atoms with Gasteiger partial charge in [0.1, 0.15) is 6.10 Å². The third-order valence-electron chi connectivity index (χ3n) is 1.45. The summed E-state index contributed by atoms with van der Waals surface area (Å²) >= 11 is 0. The molecule has 0 spiro atoms. The van der Waals surface area contributed by atoms with Crippen molar-refractivity contribution in [1.82, 2.24) is 5.32 Å². The molecule has 13 heavy (non-hydrogen) atoms. The van der Waals surface area contributed by atoms with Crippen molar-refractivity contribution in [2.24, 2.45) is 0 Å². The highest BCUT2D eigenvalue weighted by Gasteiger charge is 2.27. The van der Waals surface area contributed by atoms with Gasteiger partial charge in [0, 0.05) is 6.92 Å². The van der Waals surface area contributed by atoms with E-state index in [0.29, 0.717) is 5.57 Å². The third-order valence-corrected chi connectivity index (χ3v) is 1.45. The van der Waals surface area contributed by atoms with Crippen molar-refractivity contribution >= 4 is 11.9 Å². The van der Waals surface area contributed by atoms with Gasteiger partial charge in [-0.3, -0.25) is 4.79 Å². The number of carbonyl (C=O) groups excluding carboxylic acids is 1. The number of aliphatic hydroxyl groups excluding tert-OH is 1. The van der Waals surface area contributed by atoms with Crippen LogP contribution in [0.3, 0.4) is 0 Å². The number of aliphatic hydroxyl groups is 1.